The topological polar surface area (TPSA) is 124 Å². The van der Waals surface area contributed by atoms with Gasteiger partial charge in [-0.15, -0.1) is 0 Å². The van der Waals surface area contributed by atoms with Crippen LogP contribution in [0.2, 0.25) is 5.02 Å². The maximum absolute atomic E-state index is 14.4. The van der Waals surface area contributed by atoms with Crippen molar-refractivity contribution in [3.63, 3.8) is 0 Å². The van der Waals surface area contributed by atoms with Gasteiger partial charge in [-0.3, -0.25) is 13.9 Å². The Hall–Kier alpha value is -4.16. The fraction of sp³-hybridized carbons (Fsp3) is 0.375. The lowest BCUT2D eigenvalue weighted by molar-refractivity contribution is -0.139. The van der Waals surface area contributed by atoms with E-state index in [4.69, 9.17) is 30.5 Å². The fourth-order valence-electron chi connectivity index (χ4n) is 4.51. The lowest BCUT2D eigenvalue weighted by Gasteiger charge is -2.32. The van der Waals surface area contributed by atoms with E-state index in [0.717, 1.165) is 17.1 Å². The maximum atomic E-state index is 14.4. The number of nitrogens with zero attached hydrogens (tertiary/aromatic N) is 2. The predicted octanol–water partition coefficient (Wildman–Crippen LogP) is 4.90. The van der Waals surface area contributed by atoms with Gasteiger partial charge in [-0.2, -0.15) is 0 Å². The average molecular weight is 662 g/mol. The van der Waals surface area contributed by atoms with Crippen molar-refractivity contribution in [3.8, 4) is 23.0 Å². The molecule has 244 valence electrons. The SMILES string of the molecule is CCCCNC(=O)[C@@H](C)N(Cc1ccc(Cl)cc1)C(=O)CN(c1cc(OC)ccc1OC)S(=O)(=O)c1ccc(OC)c(OC)c1. The molecule has 0 aliphatic rings. The first-order valence-electron chi connectivity index (χ1n) is 14.3. The molecule has 3 rings (SSSR count). The Kier molecular flexibility index (Phi) is 12.7. The van der Waals surface area contributed by atoms with Crippen molar-refractivity contribution >= 4 is 39.1 Å². The van der Waals surface area contributed by atoms with Crippen LogP contribution in [0, 0.1) is 0 Å². The van der Waals surface area contributed by atoms with E-state index in [1.54, 1.807) is 43.3 Å². The number of hydrogen-bond acceptors (Lipinski definition) is 8. The highest BCUT2D eigenvalue weighted by Gasteiger charge is 2.34. The van der Waals surface area contributed by atoms with Crippen LogP contribution in [-0.2, 0) is 26.2 Å². The van der Waals surface area contributed by atoms with Crippen LogP contribution in [0.25, 0.3) is 0 Å². The van der Waals surface area contributed by atoms with E-state index in [1.807, 2.05) is 6.92 Å². The number of ether oxygens (including phenoxy) is 4. The summed E-state index contributed by atoms with van der Waals surface area (Å²) in [4.78, 5) is 28.6. The molecule has 1 N–H and O–H groups in total. The van der Waals surface area contributed by atoms with Crippen molar-refractivity contribution in [1.82, 2.24) is 10.2 Å². The molecule has 0 saturated carbocycles. The van der Waals surface area contributed by atoms with Crippen molar-refractivity contribution < 1.29 is 37.0 Å². The van der Waals surface area contributed by atoms with Crippen LogP contribution in [0.15, 0.2) is 65.6 Å². The van der Waals surface area contributed by atoms with Crippen molar-refractivity contribution in [2.45, 2.75) is 44.2 Å². The minimum atomic E-state index is -4.44. The molecule has 3 aromatic carbocycles. The molecular formula is C32H40ClN3O8S. The molecule has 1 atom stereocenters. The van der Waals surface area contributed by atoms with Gasteiger partial charge in [0.1, 0.15) is 24.1 Å². The number of benzene rings is 3. The molecule has 0 spiro atoms. The van der Waals surface area contributed by atoms with Crippen molar-refractivity contribution in [2.75, 3.05) is 45.8 Å². The molecule has 2 amide bonds. The van der Waals surface area contributed by atoms with Gasteiger partial charge in [0.15, 0.2) is 11.5 Å². The zero-order valence-electron chi connectivity index (χ0n) is 26.3. The Morgan fingerprint density at radius 2 is 1.51 bits per heavy atom. The normalized spacial score (nSPS) is 11.7. The molecule has 0 aliphatic heterocycles. The molecule has 0 bridgehead atoms. The van der Waals surface area contributed by atoms with E-state index in [0.29, 0.717) is 28.6 Å². The summed E-state index contributed by atoms with van der Waals surface area (Å²) < 4.78 is 51.2. The summed E-state index contributed by atoms with van der Waals surface area (Å²) >= 11 is 6.08. The number of nitrogens with one attached hydrogen (secondary N) is 1. The minimum absolute atomic E-state index is 0.0257. The number of amides is 2. The highest BCUT2D eigenvalue weighted by atomic mass is 35.5. The molecule has 0 fully saturated rings. The third-order valence-electron chi connectivity index (χ3n) is 7.14. The van der Waals surface area contributed by atoms with Gasteiger partial charge < -0.3 is 29.2 Å². The maximum Gasteiger partial charge on any atom is 0.265 e. The summed E-state index contributed by atoms with van der Waals surface area (Å²) in [6.07, 6.45) is 1.66. The van der Waals surface area contributed by atoms with E-state index in [2.05, 4.69) is 5.32 Å². The number of sulfonamides is 1. The third kappa shape index (κ3) is 8.73. The smallest absolute Gasteiger partial charge is 0.265 e. The second-order valence-corrected chi connectivity index (χ2v) is 12.3. The summed E-state index contributed by atoms with van der Waals surface area (Å²) in [6.45, 7) is 3.42. The van der Waals surface area contributed by atoms with Crippen LogP contribution in [0.4, 0.5) is 5.69 Å². The monoisotopic (exact) mass is 661 g/mol. The third-order valence-corrected chi connectivity index (χ3v) is 9.15. The van der Waals surface area contributed by atoms with Gasteiger partial charge in [-0.1, -0.05) is 37.1 Å². The molecule has 0 unspecified atom stereocenters. The minimum Gasteiger partial charge on any atom is -0.497 e. The van der Waals surface area contributed by atoms with Crippen LogP contribution in [0.3, 0.4) is 0 Å². The van der Waals surface area contributed by atoms with Crippen LogP contribution in [-0.4, -0.2) is 72.7 Å². The number of carbonyl (C=O) groups is 2. The highest BCUT2D eigenvalue weighted by molar-refractivity contribution is 7.92. The Bertz CT molecular complexity index is 1570. The number of rotatable bonds is 16. The molecule has 0 aromatic heterocycles. The Balaban J connectivity index is 2.14. The van der Waals surface area contributed by atoms with E-state index >= 15 is 0 Å². The first-order chi connectivity index (χ1) is 21.5. The number of anilines is 1. The van der Waals surface area contributed by atoms with Gasteiger partial charge in [0.05, 0.1) is 39.0 Å². The second-order valence-electron chi connectivity index (χ2n) is 10.0. The lowest BCUT2D eigenvalue weighted by atomic mass is 10.1. The van der Waals surface area contributed by atoms with Gasteiger partial charge >= 0.3 is 0 Å². The van der Waals surface area contributed by atoms with Gasteiger partial charge in [0, 0.05) is 30.2 Å². The van der Waals surface area contributed by atoms with Crippen LogP contribution in [0.1, 0.15) is 32.3 Å². The molecule has 13 heteroatoms. The summed E-state index contributed by atoms with van der Waals surface area (Å²) in [5, 5.41) is 3.38. The quantitative estimate of drug-likeness (QED) is 0.215. The van der Waals surface area contributed by atoms with Crippen molar-refractivity contribution in [3.05, 3.63) is 71.2 Å². The Morgan fingerprint density at radius 3 is 2.11 bits per heavy atom. The number of carbonyl (C=O) groups excluding carboxylic acids is 2. The van der Waals surface area contributed by atoms with E-state index in [-0.39, 0.29) is 34.5 Å². The molecule has 45 heavy (non-hydrogen) atoms. The second kappa shape index (κ2) is 16.2. The van der Waals surface area contributed by atoms with E-state index in [1.165, 1.54) is 57.6 Å². The van der Waals surface area contributed by atoms with Crippen LogP contribution < -0.4 is 28.6 Å². The van der Waals surface area contributed by atoms with Crippen LogP contribution in [0.5, 0.6) is 23.0 Å². The lowest BCUT2D eigenvalue weighted by Crippen LogP contribution is -2.51. The Morgan fingerprint density at radius 1 is 0.867 bits per heavy atom. The van der Waals surface area contributed by atoms with Gasteiger partial charge in [-0.25, -0.2) is 8.42 Å². The molecule has 0 aliphatic carbocycles. The predicted molar refractivity (Wildman–Crippen MR) is 173 cm³/mol. The van der Waals surface area contributed by atoms with Crippen LogP contribution >= 0.6 is 11.6 Å². The molecule has 0 radical (unpaired) electrons. The molecular weight excluding hydrogens is 622 g/mol. The first kappa shape index (κ1) is 35.3. The zero-order chi connectivity index (χ0) is 33.1. The molecule has 3 aromatic rings. The van der Waals surface area contributed by atoms with Gasteiger partial charge in [0.2, 0.25) is 11.8 Å². The summed E-state index contributed by atoms with van der Waals surface area (Å²) in [5.41, 5.74) is 0.765. The molecule has 0 heterocycles. The number of methoxy groups -OCH3 is 4. The van der Waals surface area contributed by atoms with Gasteiger partial charge in [-0.05, 0) is 55.3 Å². The zero-order valence-corrected chi connectivity index (χ0v) is 27.9. The standard InChI is InChI=1S/C32H40ClN3O8S/c1-7-8-17-34-32(38)22(2)35(20-23-9-11-24(33)12-10-23)31(37)21-36(27-18-25(41-3)13-15-28(27)42-4)45(39,40)26-14-16-29(43-5)30(19-26)44-6/h9-16,18-19,22H,7-8,17,20-21H2,1-6H3,(H,34,38)/t22-/m1/s1. The van der Waals surface area contributed by atoms with E-state index < -0.39 is 28.5 Å². The Labute approximate surface area is 270 Å². The average Bonchev–Trinajstić information content (AvgIpc) is 3.05. The highest BCUT2D eigenvalue weighted by Crippen LogP contribution is 2.37. The summed E-state index contributed by atoms with van der Waals surface area (Å²) in [6, 6.07) is 14.7. The molecule has 11 nitrogen and oxygen atoms in total. The fourth-order valence-corrected chi connectivity index (χ4v) is 6.07. The largest absolute Gasteiger partial charge is 0.497 e. The summed E-state index contributed by atoms with van der Waals surface area (Å²) in [5.74, 6) is 0.0463. The number of halogens is 1. The van der Waals surface area contributed by atoms with E-state index in [9.17, 15) is 18.0 Å². The number of unbranched alkanes of at least 4 members (excludes halogenated alkanes) is 1. The number of hydrogen-bond donors (Lipinski definition) is 1. The molecule has 0 saturated heterocycles. The summed E-state index contributed by atoms with van der Waals surface area (Å²) in [7, 11) is 1.22. The first-order valence-corrected chi connectivity index (χ1v) is 16.1. The van der Waals surface area contributed by atoms with Gasteiger partial charge in [0.25, 0.3) is 10.0 Å². The van der Waals surface area contributed by atoms with Crippen molar-refractivity contribution in [2.24, 2.45) is 0 Å². The van der Waals surface area contributed by atoms with Crippen molar-refractivity contribution in [1.29, 1.82) is 0 Å².